The number of nitrogens with zero attached hydrogens (tertiary/aromatic N) is 1. The van der Waals surface area contributed by atoms with E-state index in [4.69, 9.17) is 0 Å². The molecule has 0 bridgehead atoms. The van der Waals surface area contributed by atoms with E-state index in [9.17, 15) is 13.2 Å². The Labute approximate surface area is 106 Å². The van der Waals surface area contributed by atoms with Crippen LogP contribution in [0.4, 0.5) is 13.2 Å². The molecule has 2 aliphatic rings. The Balaban J connectivity index is 1.82. The van der Waals surface area contributed by atoms with Crippen molar-refractivity contribution in [2.24, 2.45) is 5.92 Å². The Hall–Kier alpha value is -0.330. The molecule has 1 saturated heterocycles. The van der Waals surface area contributed by atoms with Crippen molar-refractivity contribution >= 4 is 0 Å². The minimum absolute atomic E-state index is 0.111. The van der Waals surface area contributed by atoms with Crippen molar-refractivity contribution in [1.82, 2.24) is 10.2 Å². The van der Waals surface area contributed by atoms with E-state index in [1.807, 2.05) is 0 Å². The summed E-state index contributed by atoms with van der Waals surface area (Å²) in [7, 11) is 0. The van der Waals surface area contributed by atoms with Gasteiger partial charge in [0.25, 0.3) is 0 Å². The molecule has 1 unspecified atom stereocenters. The van der Waals surface area contributed by atoms with Crippen LogP contribution >= 0.6 is 0 Å². The molecule has 1 saturated carbocycles. The van der Waals surface area contributed by atoms with Crippen LogP contribution in [0.25, 0.3) is 0 Å². The van der Waals surface area contributed by atoms with E-state index in [-0.39, 0.29) is 12.1 Å². The predicted octanol–water partition coefficient (Wildman–Crippen LogP) is 1.99. The molecule has 0 aromatic heterocycles. The van der Waals surface area contributed by atoms with E-state index in [0.717, 1.165) is 13.1 Å². The molecule has 106 valence electrons. The minimum Gasteiger partial charge on any atom is -0.311 e. The molecular formula is C12H21F3N2O. The average Bonchev–Trinajstić information content (AvgIpc) is 3.02. The van der Waals surface area contributed by atoms with Gasteiger partial charge in [0.2, 0.25) is 0 Å². The van der Waals surface area contributed by atoms with E-state index in [2.05, 4.69) is 28.8 Å². The molecule has 0 spiro atoms. The number of alkyl halides is 3. The topological polar surface area (TPSA) is 24.5 Å². The number of hydrogen-bond acceptors (Lipinski definition) is 3. The summed E-state index contributed by atoms with van der Waals surface area (Å²) in [4.78, 5) is 2.11. The first-order chi connectivity index (χ1) is 8.28. The zero-order chi connectivity index (χ0) is 13.4. The standard InChI is InChI=1S/C12H21F3N2O/c1-11(2)8-16-10(9-3-4-9)7-17(11)5-6-18-12(13,14)15/h9-10,16H,3-8H2,1-2H3. The fourth-order valence-corrected chi connectivity index (χ4v) is 2.52. The first-order valence-corrected chi connectivity index (χ1v) is 6.47. The zero-order valence-corrected chi connectivity index (χ0v) is 10.9. The van der Waals surface area contributed by atoms with Crippen LogP contribution in [-0.4, -0.2) is 49.1 Å². The van der Waals surface area contributed by atoms with Gasteiger partial charge in [-0.05, 0) is 32.6 Å². The summed E-state index contributed by atoms with van der Waals surface area (Å²) in [6, 6.07) is 0.434. The summed E-state index contributed by atoms with van der Waals surface area (Å²) in [5.74, 6) is 0.715. The molecule has 0 aromatic carbocycles. The van der Waals surface area contributed by atoms with Crippen molar-refractivity contribution in [2.45, 2.75) is 44.6 Å². The summed E-state index contributed by atoms with van der Waals surface area (Å²) < 4.78 is 39.8. The Bertz CT molecular complexity index is 290. The first kappa shape index (κ1) is 14.1. The van der Waals surface area contributed by atoms with Crippen LogP contribution in [0.15, 0.2) is 0 Å². The summed E-state index contributed by atoms with van der Waals surface area (Å²) in [6.07, 6.45) is -2.04. The van der Waals surface area contributed by atoms with Crippen molar-refractivity contribution in [3.63, 3.8) is 0 Å². The van der Waals surface area contributed by atoms with Crippen molar-refractivity contribution in [3.05, 3.63) is 0 Å². The molecular weight excluding hydrogens is 245 g/mol. The number of ether oxygens (including phenoxy) is 1. The third-order valence-corrected chi connectivity index (χ3v) is 3.89. The van der Waals surface area contributed by atoms with Gasteiger partial charge in [-0.15, -0.1) is 13.2 Å². The molecule has 1 aliphatic carbocycles. The lowest BCUT2D eigenvalue weighted by molar-refractivity contribution is -0.325. The van der Waals surface area contributed by atoms with Crippen molar-refractivity contribution in [1.29, 1.82) is 0 Å². The van der Waals surface area contributed by atoms with E-state index >= 15 is 0 Å². The Morgan fingerprint density at radius 2 is 2.00 bits per heavy atom. The number of halogens is 3. The van der Waals surface area contributed by atoms with Gasteiger partial charge < -0.3 is 5.32 Å². The maximum Gasteiger partial charge on any atom is 0.522 e. The highest BCUT2D eigenvalue weighted by atomic mass is 19.4. The van der Waals surface area contributed by atoms with Crippen molar-refractivity contribution < 1.29 is 17.9 Å². The van der Waals surface area contributed by atoms with Gasteiger partial charge in [0.1, 0.15) is 0 Å². The Kier molecular flexibility index (Phi) is 3.90. The normalized spacial score (nSPS) is 29.5. The second kappa shape index (κ2) is 4.98. The summed E-state index contributed by atoms with van der Waals surface area (Å²) in [6.45, 7) is 5.79. The van der Waals surface area contributed by atoms with Gasteiger partial charge in [0.05, 0.1) is 6.61 Å². The maximum absolute atomic E-state index is 12.0. The summed E-state index contributed by atoms with van der Waals surface area (Å²) in [5.41, 5.74) is -0.111. The Morgan fingerprint density at radius 1 is 1.33 bits per heavy atom. The van der Waals surface area contributed by atoms with Gasteiger partial charge in [-0.25, -0.2) is 0 Å². The molecule has 1 atom stereocenters. The quantitative estimate of drug-likeness (QED) is 0.842. The monoisotopic (exact) mass is 266 g/mol. The van der Waals surface area contributed by atoms with Crippen LogP contribution in [0, 0.1) is 5.92 Å². The largest absolute Gasteiger partial charge is 0.522 e. The highest BCUT2D eigenvalue weighted by Gasteiger charge is 2.40. The highest BCUT2D eigenvalue weighted by molar-refractivity contribution is 4.98. The smallest absolute Gasteiger partial charge is 0.311 e. The number of hydrogen-bond donors (Lipinski definition) is 1. The third-order valence-electron chi connectivity index (χ3n) is 3.89. The third kappa shape index (κ3) is 3.83. The molecule has 1 heterocycles. The maximum atomic E-state index is 12.0. The first-order valence-electron chi connectivity index (χ1n) is 6.47. The Morgan fingerprint density at radius 3 is 2.56 bits per heavy atom. The van der Waals surface area contributed by atoms with E-state index in [1.54, 1.807) is 0 Å². The van der Waals surface area contributed by atoms with Crippen molar-refractivity contribution in [2.75, 3.05) is 26.2 Å². The highest BCUT2D eigenvalue weighted by Crippen LogP contribution is 2.35. The number of nitrogens with one attached hydrogen (secondary N) is 1. The minimum atomic E-state index is -4.52. The van der Waals surface area contributed by atoms with Crippen LogP contribution in [0.5, 0.6) is 0 Å². The van der Waals surface area contributed by atoms with Gasteiger partial charge in [-0.2, -0.15) is 0 Å². The van der Waals surface area contributed by atoms with Crippen LogP contribution < -0.4 is 5.32 Å². The second-order valence-electron chi connectivity index (χ2n) is 5.88. The summed E-state index contributed by atoms with van der Waals surface area (Å²) >= 11 is 0. The van der Waals surface area contributed by atoms with Gasteiger partial charge in [-0.1, -0.05) is 0 Å². The molecule has 3 nitrogen and oxygen atoms in total. The molecule has 2 rings (SSSR count). The molecule has 2 fully saturated rings. The molecule has 6 heteroatoms. The van der Waals surface area contributed by atoms with E-state index in [0.29, 0.717) is 18.5 Å². The second-order valence-corrected chi connectivity index (χ2v) is 5.88. The SMILES string of the molecule is CC1(C)CNC(C2CC2)CN1CCOC(F)(F)F. The van der Waals surface area contributed by atoms with Crippen LogP contribution in [-0.2, 0) is 4.74 Å². The molecule has 0 aromatic rings. The number of rotatable bonds is 4. The lowest BCUT2D eigenvalue weighted by Crippen LogP contribution is -2.63. The fourth-order valence-electron chi connectivity index (χ4n) is 2.52. The summed E-state index contributed by atoms with van der Waals surface area (Å²) in [5, 5.41) is 3.50. The van der Waals surface area contributed by atoms with Gasteiger partial charge in [-0.3, -0.25) is 9.64 Å². The van der Waals surface area contributed by atoms with E-state index < -0.39 is 6.36 Å². The number of piperazine rings is 1. The molecule has 0 radical (unpaired) electrons. The lowest BCUT2D eigenvalue weighted by atomic mass is 9.96. The van der Waals surface area contributed by atoms with Gasteiger partial charge in [0, 0.05) is 31.2 Å². The molecule has 1 N–H and O–H groups in total. The van der Waals surface area contributed by atoms with Gasteiger partial charge >= 0.3 is 6.36 Å². The van der Waals surface area contributed by atoms with Crippen LogP contribution in [0.2, 0.25) is 0 Å². The predicted molar refractivity (Wildman–Crippen MR) is 62.2 cm³/mol. The molecule has 18 heavy (non-hydrogen) atoms. The zero-order valence-electron chi connectivity index (χ0n) is 10.9. The van der Waals surface area contributed by atoms with Crippen LogP contribution in [0.1, 0.15) is 26.7 Å². The van der Waals surface area contributed by atoms with Crippen LogP contribution in [0.3, 0.4) is 0 Å². The molecule has 1 aliphatic heterocycles. The fraction of sp³-hybridized carbons (Fsp3) is 1.00. The molecule has 0 amide bonds. The lowest BCUT2D eigenvalue weighted by Gasteiger charge is -2.46. The average molecular weight is 266 g/mol. The van der Waals surface area contributed by atoms with E-state index in [1.165, 1.54) is 12.8 Å². The van der Waals surface area contributed by atoms with Gasteiger partial charge in [0.15, 0.2) is 0 Å². The van der Waals surface area contributed by atoms with Crippen molar-refractivity contribution in [3.8, 4) is 0 Å².